The van der Waals surface area contributed by atoms with Crippen molar-refractivity contribution in [1.82, 2.24) is 15.1 Å². The first kappa shape index (κ1) is 15.7. The second-order valence-corrected chi connectivity index (χ2v) is 5.81. The van der Waals surface area contributed by atoms with Crippen LogP contribution in [0.3, 0.4) is 0 Å². The van der Waals surface area contributed by atoms with Gasteiger partial charge in [0.1, 0.15) is 5.69 Å². The minimum atomic E-state index is -0.373. The van der Waals surface area contributed by atoms with Gasteiger partial charge in [-0.2, -0.15) is 5.10 Å². The Morgan fingerprint density at radius 2 is 2.21 bits per heavy atom. The van der Waals surface area contributed by atoms with Crippen molar-refractivity contribution in [2.45, 2.75) is 46.1 Å². The average molecular weight is 266 g/mol. The number of hydrogen-bond acceptors (Lipinski definition) is 3. The molecule has 1 atom stereocenters. The van der Waals surface area contributed by atoms with Gasteiger partial charge in [0.2, 0.25) is 0 Å². The third-order valence-electron chi connectivity index (χ3n) is 3.25. The zero-order valence-electron chi connectivity index (χ0n) is 12.7. The molecule has 0 bridgehead atoms. The highest BCUT2D eigenvalue weighted by Gasteiger charge is 2.27. The number of nitrogens with one attached hydrogen (secondary N) is 1. The van der Waals surface area contributed by atoms with E-state index in [-0.39, 0.29) is 11.4 Å². The summed E-state index contributed by atoms with van der Waals surface area (Å²) in [5.74, 6) is 0.370. The van der Waals surface area contributed by atoms with Gasteiger partial charge in [-0.1, -0.05) is 20.8 Å². The van der Waals surface area contributed by atoms with Crippen molar-refractivity contribution in [3.63, 3.8) is 0 Å². The Morgan fingerprint density at radius 1 is 1.58 bits per heavy atom. The van der Waals surface area contributed by atoms with Crippen molar-refractivity contribution in [1.29, 1.82) is 0 Å². The maximum absolute atomic E-state index is 12.3. The van der Waals surface area contributed by atoms with Crippen LogP contribution in [0.5, 0.6) is 0 Å². The summed E-state index contributed by atoms with van der Waals surface area (Å²) in [7, 11) is 1.79. The molecule has 108 valence electrons. The molecule has 1 aromatic heterocycles. The molecular formula is C14H26N4O. The molecule has 0 saturated carbocycles. The van der Waals surface area contributed by atoms with Crippen molar-refractivity contribution >= 4 is 5.91 Å². The van der Waals surface area contributed by atoms with Gasteiger partial charge in [0, 0.05) is 13.6 Å². The molecule has 1 rings (SSSR count). The Labute approximate surface area is 115 Å². The summed E-state index contributed by atoms with van der Waals surface area (Å²) in [5.41, 5.74) is 6.95. The van der Waals surface area contributed by atoms with E-state index in [0.29, 0.717) is 18.2 Å². The van der Waals surface area contributed by atoms with E-state index in [1.54, 1.807) is 11.7 Å². The van der Waals surface area contributed by atoms with Crippen molar-refractivity contribution < 1.29 is 4.79 Å². The van der Waals surface area contributed by atoms with Gasteiger partial charge in [0.15, 0.2) is 0 Å². The molecule has 0 radical (unpaired) electrons. The Hall–Kier alpha value is -1.36. The van der Waals surface area contributed by atoms with E-state index in [4.69, 9.17) is 5.73 Å². The highest BCUT2D eigenvalue weighted by atomic mass is 16.2. The Kier molecular flexibility index (Phi) is 5.11. The van der Waals surface area contributed by atoms with E-state index in [9.17, 15) is 4.79 Å². The fourth-order valence-corrected chi connectivity index (χ4v) is 2.34. The lowest BCUT2D eigenvalue weighted by Crippen LogP contribution is -2.52. The van der Waals surface area contributed by atoms with Gasteiger partial charge >= 0.3 is 0 Å². The number of carbonyl (C=O) groups is 1. The van der Waals surface area contributed by atoms with E-state index < -0.39 is 0 Å². The summed E-state index contributed by atoms with van der Waals surface area (Å²) in [4.78, 5) is 12.3. The fraction of sp³-hybridized carbons (Fsp3) is 0.714. The lowest BCUT2D eigenvalue weighted by molar-refractivity contribution is 0.0888. The van der Waals surface area contributed by atoms with Crippen LogP contribution in [0.2, 0.25) is 0 Å². The van der Waals surface area contributed by atoms with E-state index in [1.807, 2.05) is 19.9 Å². The van der Waals surface area contributed by atoms with E-state index in [2.05, 4.69) is 24.3 Å². The second kappa shape index (κ2) is 6.19. The first-order valence-corrected chi connectivity index (χ1v) is 6.86. The van der Waals surface area contributed by atoms with Crippen molar-refractivity contribution in [2.75, 3.05) is 6.54 Å². The van der Waals surface area contributed by atoms with E-state index in [1.165, 1.54) is 0 Å². The molecule has 1 unspecified atom stereocenters. The average Bonchev–Trinajstić information content (AvgIpc) is 2.69. The maximum atomic E-state index is 12.3. The SMILES string of the molecule is CCc1cc(C(=O)NC(C)(CN)CC(C)C)n(C)n1. The molecule has 5 heteroatoms. The van der Waals surface area contributed by atoms with Crippen molar-refractivity contribution in [3.05, 3.63) is 17.5 Å². The molecule has 0 aliphatic rings. The number of aryl methyl sites for hydroxylation is 2. The molecule has 0 aromatic carbocycles. The Morgan fingerprint density at radius 3 is 2.63 bits per heavy atom. The van der Waals surface area contributed by atoms with Gasteiger partial charge < -0.3 is 11.1 Å². The predicted molar refractivity (Wildman–Crippen MR) is 77.0 cm³/mol. The van der Waals surface area contributed by atoms with Crippen LogP contribution in [0.25, 0.3) is 0 Å². The molecule has 1 aromatic rings. The molecule has 0 spiro atoms. The summed E-state index contributed by atoms with van der Waals surface area (Å²) >= 11 is 0. The lowest BCUT2D eigenvalue weighted by Gasteiger charge is -2.31. The number of hydrogen-bond donors (Lipinski definition) is 2. The lowest BCUT2D eigenvalue weighted by atomic mass is 9.90. The van der Waals surface area contributed by atoms with Crippen LogP contribution in [-0.2, 0) is 13.5 Å². The highest BCUT2D eigenvalue weighted by molar-refractivity contribution is 5.93. The third-order valence-corrected chi connectivity index (χ3v) is 3.25. The van der Waals surface area contributed by atoms with Gasteiger partial charge in [-0.25, -0.2) is 0 Å². The van der Waals surface area contributed by atoms with Gasteiger partial charge in [-0.3, -0.25) is 9.48 Å². The van der Waals surface area contributed by atoms with Gasteiger partial charge in [0.25, 0.3) is 5.91 Å². The van der Waals surface area contributed by atoms with Gasteiger partial charge in [-0.15, -0.1) is 0 Å². The molecule has 5 nitrogen and oxygen atoms in total. The van der Waals surface area contributed by atoms with Crippen LogP contribution >= 0.6 is 0 Å². The number of amides is 1. The monoisotopic (exact) mass is 266 g/mol. The first-order chi connectivity index (χ1) is 8.81. The van der Waals surface area contributed by atoms with E-state index in [0.717, 1.165) is 18.5 Å². The zero-order chi connectivity index (χ0) is 14.6. The van der Waals surface area contributed by atoms with E-state index >= 15 is 0 Å². The Bertz CT molecular complexity index is 439. The minimum Gasteiger partial charge on any atom is -0.344 e. The minimum absolute atomic E-state index is 0.108. The van der Waals surface area contributed by atoms with Crippen LogP contribution < -0.4 is 11.1 Å². The predicted octanol–water partition coefficient (Wildman–Crippen LogP) is 1.48. The molecule has 19 heavy (non-hydrogen) atoms. The number of aromatic nitrogens is 2. The summed E-state index contributed by atoms with van der Waals surface area (Å²) in [6.07, 6.45) is 1.68. The highest BCUT2D eigenvalue weighted by Crippen LogP contribution is 2.16. The van der Waals surface area contributed by atoms with Crippen LogP contribution in [0.4, 0.5) is 0 Å². The third kappa shape index (κ3) is 4.06. The standard InChI is InChI=1S/C14H26N4O/c1-6-11-7-12(18(5)17-11)13(19)16-14(4,9-15)8-10(2)3/h7,10H,6,8-9,15H2,1-5H3,(H,16,19). The normalized spacial score (nSPS) is 14.5. The maximum Gasteiger partial charge on any atom is 0.270 e. The summed E-state index contributed by atoms with van der Waals surface area (Å²) < 4.78 is 1.63. The van der Waals surface area contributed by atoms with Gasteiger partial charge in [0.05, 0.1) is 11.2 Å². The van der Waals surface area contributed by atoms with Crippen LogP contribution in [0.1, 0.15) is 50.3 Å². The summed E-state index contributed by atoms with van der Waals surface area (Å²) in [6.45, 7) is 8.68. The van der Waals surface area contributed by atoms with Crippen molar-refractivity contribution in [2.24, 2.45) is 18.7 Å². The number of rotatable bonds is 6. The molecule has 1 heterocycles. The molecule has 0 saturated heterocycles. The molecule has 0 aliphatic heterocycles. The van der Waals surface area contributed by atoms with Crippen LogP contribution in [0.15, 0.2) is 6.07 Å². The molecule has 3 N–H and O–H groups in total. The molecular weight excluding hydrogens is 240 g/mol. The van der Waals surface area contributed by atoms with Crippen LogP contribution in [0, 0.1) is 5.92 Å². The topological polar surface area (TPSA) is 72.9 Å². The first-order valence-electron chi connectivity index (χ1n) is 6.86. The largest absolute Gasteiger partial charge is 0.344 e. The van der Waals surface area contributed by atoms with Gasteiger partial charge in [-0.05, 0) is 31.7 Å². The zero-order valence-corrected chi connectivity index (χ0v) is 12.7. The Balaban J connectivity index is 2.85. The second-order valence-electron chi connectivity index (χ2n) is 5.81. The smallest absolute Gasteiger partial charge is 0.270 e. The quantitative estimate of drug-likeness (QED) is 0.819. The molecule has 1 amide bonds. The number of nitrogens with two attached hydrogens (primary N) is 1. The molecule has 0 fully saturated rings. The summed E-state index contributed by atoms with van der Waals surface area (Å²) in [6, 6.07) is 1.83. The fourth-order valence-electron chi connectivity index (χ4n) is 2.34. The number of nitrogens with zero attached hydrogens (tertiary/aromatic N) is 2. The summed E-state index contributed by atoms with van der Waals surface area (Å²) in [5, 5.41) is 7.34. The van der Waals surface area contributed by atoms with Crippen molar-refractivity contribution in [3.8, 4) is 0 Å². The number of carbonyl (C=O) groups excluding carboxylic acids is 1. The van der Waals surface area contributed by atoms with Crippen LogP contribution in [-0.4, -0.2) is 27.8 Å². The molecule has 0 aliphatic carbocycles.